The van der Waals surface area contributed by atoms with Gasteiger partial charge in [-0.3, -0.25) is 9.59 Å². The minimum atomic E-state index is -0.779. The molecule has 1 heterocycles. The van der Waals surface area contributed by atoms with Crippen molar-refractivity contribution in [2.24, 2.45) is 5.41 Å². The maximum absolute atomic E-state index is 12.3. The first-order valence-electron chi connectivity index (χ1n) is 6.49. The minimum Gasteiger partial charge on any atom is -0.465 e. The van der Waals surface area contributed by atoms with Gasteiger partial charge in [-0.05, 0) is 33.1 Å². The number of carbonyl (C=O) groups excluding carboxylic acids is 2. The van der Waals surface area contributed by atoms with Crippen LogP contribution in [0.15, 0.2) is 12.2 Å². The topological polar surface area (TPSA) is 52.6 Å². The maximum atomic E-state index is 12.3. The molecule has 2 fully saturated rings. The van der Waals surface area contributed by atoms with Crippen LogP contribution in [-0.2, 0) is 19.1 Å². The fourth-order valence-corrected chi connectivity index (χ4v) is 3.45. The SMILES string of the molecule is C=C(C)C[C@@]12CCC[C@]1(C(=O)OCC)CC(=O)O2. The molecule has 1 saturated heterocycles. The second-order valence-corrected chi connectivity index (χ2v) is 5.44. The predicted octanol–water partition coefficient (Wildman–Crippen LogP) is 2.37. The van der Waals surface area contributed by atoms with Crippen LogP contribution in [0.2, 0.25) is 0 Å². The van der Waals surface area contributed by atoms with Gasteiger partial charge in [0.15, 0.2) is 0 Å². The van der Waals surface area contributed by atoms with E-state index in [2.05, 4.69) is 6.58 Å². The van der Waals surface area contributed by atoms with Crippen molar-refractivity contribution in [2.75, 3.05) is 6.61 Å². The lowest BCUT2D eigenvalue weighted by molar-refractivity contribution is -0.166. The Morgan fingerprint density at radius 3 is 2.83 bits per heavy atom. The molecular formula is C14H20O4. The van der Waals surface area contributed by atoms with Crippen molar-refractivity contribution < 1.29 is 19.1 Å². The van der Waals surface area contributed by atoms with Gasteiger partial charge < -0.3 is 9.47 Å². The third-order valence-electron chi connectivity index (χ3n) is 4.07. The Balaban J connectivity index is 2.37. The zero-order chi connectivity index (χ0) is 13.4. The van der Waals surface area contributed by atoms with Gasteiger partial charge in [0.25, 0.3) is 0 Å². The molecule has 1 aliphatic carbocycles. The van der Waals surface area contributed by atoms with Crippen LogP contribution in [0.4, 0.5) is 0 Å². The van der Waals surface area contributed by atoms with Crippen molar-refractivity contribution in [3.8, 4) is 0 Å². The van der Waals surface area contributed by atoms with Crippen LogP contribution in [0.5, 0.6) is 0 Å². The summed E-state index contributed by atoms with van der Waals surface area (Å²) in [6.45, 7) is 7.90. The van der Waals surface area contributed by atoms with Crippen LogP contribution in [0.3, 0.4) is 0 Å². The van der Waals surface area contributed by atoms with Gasteiger partial charge in [0.05, 0.1) is 13.0 Å². The number of hydrogen-bond acceptors (Lipinski definition) is 4. The van der Waals surface area contributed by atoms with Crippen LogP contribution < -0.4 is 0 Å². The first-order chi connectivity index (χ1) is 8.46. The lowest BCUT2D eigenvalue weighted by Crippen LogP contribution is -2.47. The highest BCUT2D eigenvalue weighted by Gasteiger charge is 2.67. The van der Waals surface area contributed by atoms with Gasteiger partial charge in [0, 0.05) is 6.42 Å². The van der Waals surface area contributed by atoms with Crippen molar-refractivity contribution in [2.45, 2.75) is 51.6 Å². The van der Waals surface area contributed by atoms with Crippen LogP contribution in [0.1, 0.15) is 46.0 Å². The van der Waals surface area contributed by atoms with E-state index in [9.17, 15) is 9.59 Å². The molecule has 2 aliphatic rings. The molecule has 2 rings (SSSR count). The van der Waals surface area contributed by atoms with E-state index in [4.69, 9.17) is 9.47 Å². The van der Waals surface area contributed by atoms with Crippen molar-refractivity contribution in [1.82, 2.24) is 0 Å². The van der Waals surface area contributed by atoms with E-state index < -0.39 is 11.0 Å². The monoisotopic (exact) mass is 252 g/mol. The Hall–Kier alpha value is -1.32. The number of hydrogen-bond donors (Lipinski definition) is 0. The second kappa shape index (κ2) is 4.41. The highest BCUT2D eigenvalue weighted by molar-refractivity contribution is 5.89. The number of carbonyl (C=O) groups is 2. The lowest BCUT2D eigenvalue weighted by atomic mass is 9.71. The van der Waals surface area contributed by atoms with Crippen molar-refractivity contribution in [3.05, 3.63) is 12.2 Å². The molecule has 1 aliphatic heterocycles. The first kappa shape index (κ1) is 13.1. The number of esters is 2. The molecule has 0 spiro atoms. The lowest BCUT2D eigenvalue weighted by Gasteiger charge is -2.36. The first-order valence-corrected chi connectivity index (χ1v) is 6.49. The fourth-order valence-electron chi connectivity index (χ4n) is 3.45. The van der Waals surface area contributed by atoms with E-state index in [1.165, 1.54) is 0 Å². The summed E-state index contributed by atoms with van der Waals surface area (Å²) in [4.78, 5) is 24.0. The highest BCUT2D eigenvalue weighted by Crippen LogP contribution is 2.58. The number of fused-ring (bicyclic) bond motifs is 1. The molecule has 2 atom stereocenters. The number of ether oxygens (including phenoxy) is 2. The van der Waals surface area contributed by atoms with Gasteiger partial charge in [-0.2, -0.15) is 0 Å². The van der Waals surface area contributed by atoms with Crippen LogP contribution in [-0.4, -0.2) is 24.1 Å². The van der Waals surface area contributed by atoms with Gasteiger partial charge in [0.2, 0.25) is 0 Å². The quantitative estimate of drug-likeness (QED) is 0.569. The normalized spacial score (nSPS) is 34.0. The summed E-state index contributed by atoms with van der Waals surface area (Å²) < 4.78 is 10.7. The molecule has 0 N–H and O–H groups in total. The van der Waals surface area contributed by atoms with E-state index in [0.29, 0.717) is 19.4 Å². The van der Waals surface area contributed by atoms with Crippen molar-refractivity contribution in [1.29, 1.82) is 0 Å². The van der Waals surface area contributed by atoms with E-state index in [0.717, 1.165) is 18.4 Å². The molecule has 4 heteroatoms. The van der Waals surface area contributed by atoms with E-state index >= 15 is 0 Å². The molecule has 18 heavy (non-hydrogen) atoms. The summed E-state index contributed by atoms with van der Waals surface area (Å²) in [6, 6.07) is 0. The summed E-state index contributed by atoms with van der Waals surface area (Å²) in [5.41, 5.74) is -0.554. The summed E-state index contributed by atoms with van der Waals surface area (Å²) in [6.07, 6.45) is 2.99. The van der Waals surface area contributed by atoms with Gasteiger partial charge in [0.1, 0.15) is 11.0 Å². The standard InChI is InChI=1S/C14H20O4/c1-4-17-12(16)13-6-5-7-14(13,8-10(2)3)18-11(15)9-13/h2,4-9H2,1,3H3/t13-,14+/m1/s1. The smallest absolute Gasteiger partial charge is 0.316 e. The third-order valence-corrected chi connectivity index (χ3v) is 4.07. The maximum Gasteiger partial charge on any atom is 0.316 e. The molecule has 0 aromatic rings. The molecule has 0 bridgehead atoms. The predicted molar refractivity (Wildman–Crippen MR) is 65.8 cm³/mol. The van der Waals surface area contributed by atoms with Crippen LogP contribution in [0, 0.1) is 5.41 Å². The van der Waals surface area contributed by atoms with E-state index in [1.807, 2.05) is 6.92 Å². The zero-order valence-corrected chi connectivity index (χ0v) is 11.1. The van der Waals surface area contributed by atoms with Crippen molar-refractivity contribution in [3.63, 3.8) is 0 Å². The Bertz CT molecular complexity index is 401. The van der Waals surface area contributed by atoms with E-state index in [1.54, 1.807) is 6.92 Å². The van der Waals surface area contributed by atoms with Gasteiger partial charge in [-0.25, -0.2) is 0 Å². The Morgan fingerprint density at radius 2 is 2.22 bits per heavy atom. The van der Waals surface area contributed by atoms with Crippen LogP contribution >= 0.6 is 0 Å². The molecule has 1 saturated carbocycles. The summed E-state index contributed by atoms with van der Waals surface area (Å²) in [7, 11) is 0. The zero-order valence-electron chi connectivity index (χ0n) is 11.1. The number of rotatable bonds is 4. The Morgan fingerprint density at radius 1 is 1.50 bits per heavy atom. The fraction of sp³-hybridized carbons (Fsp3) is 0.714. The molecule has 0 unspecified atom stereocenters. The molecule has 100 valence electrons. The van der Waals surface area contributed by atoms with Crippen molar-refractivity contribution >= 4 is 11.9 Å². The molecule has 4 nitrogen and oxygen atoms in total. The van der Waals surface area contributed by atoms with Gasteiger partial charge >= 0.3 is 11.9 Å². The highest BCUT2D eigenvalue weighted by atomic mass is 16.6. The molecule has 0 aromatic heterocycles. The Labute approximate surface area is 107 Å². The summed E-state index contributed by atoms with van der Waals surface area (Å²) >= 11 is 0. The Kier molecular flexibility index (Phi) is 3.21. The minimum absolute atomic E-state index is 0.152. The van der Waals surface area contributed by atoms with Gasteiger partial charge in [-0.15, -0.1) is 0 Å². The summed E-state index contributed by atoms with van der Waals surface area (Å²) in [5.74, 6) is -0.571. The third kappa shape index (κ3) is 1.74. The van der Waals surface area contributed by atoms with Crippen LogP contribution in [0.25, 0.3) is 0 Å². The summed E-state index contributed by atoms with van der Waals surface area (Å²) in [5, 5.41) is 0. The molecule has 0 amide bonds. The average Bonchev–Trinajstić information content (AvgIpc) is 2.68. The molecular weight excluding hydrogens is 232 g/mol. The second-order valence-electron chi connectivity index (χ2n) is 5.44. The van der Waals surface area contributed by atoms with E-state index in [-0.39, 0.29) is 18.4 Å². The molecule has 0 radical (unpaired) electrons. The largest absolute Gasteiger partial charge is 0.465 e. The molecule has 0 aromatic carbocycles. The average molecular weight is 252 g/mol. The van der Waals surface area contributed by atoms with Gasteiger partial charge in [-0.1, -0.05) is 12.2 Å².